The van der Waals surface area contributed by atoms with Gasteiger partial charge in [0, 0.05) is 18.2 Å². The van der Waals surface area contributed by atoms with Crippen LogP contribution in [0.4, 0.5) is 5.69 Å². The highest BCUT2D eigenvalue weighted by Crippen LogP contribution is 2.26. The maximum Gasteiger partial charge on any atom is 0.346 e. The van der Waals surface area contributed by atoms with Gasteiger partial charge in [-0.05, 0) is 69.6 Å². The molecule has 0 spiro atoms. The number of likely N-dealkylation sites (tertiary alicyclic amines) is 1. The molecule has 1 N–H and O–H groups in total. The van der Waals surface area contributed by atoms with E-state index in [0.29, 0.717) is 26.2 Å². The second-order valence-electron chi connectivity index (χ2n) is 8.58. The Balaban J connectivity index is 1.33. The Morgan fingerprint density at radius 3 is 2.41 bits per heavy atom. The van der Waals surface area contributed by atoms with Gasteiger partial charge in [0.1, 0.15) is 11.6 Å². The lowest BCUT2D eigenvalue weighted by Gasteiger charge is -2.30. The van der Waals surface area contributed by atoms with Gasteiger partial charge < -0.3 is 10.1 Å². The van der Waals surface area contributed by atoms with E-state index in [1.807, 2.05) is 68.4 Å². The fourth-order valence-electron chi connectivity index (χ4n) is 4.47. The molecular formula is C26H33N5O3. The van der Waals surface area contributed by atoms with Gasteiger partial charge in [0.15, 0.2) is 0 Å². The van der Waals surface area contributed by atoms with Crippen LogP contribution in [0.15, 0.2) is 59.4 Å². The maximum absolute atomic E-state index is 12.9. The highest BCUT2D eigenvalue weighted by atomic mass is 16.5. The van der Waals surface area contributed by atoms with Crippen LogP contribution in [0.5, 0.6) is 5.75 Å². The molecule has 0 aliphatic carbocycles. The summed E-state index contributed by atoms with van der Waals surface area (Å²) in [7, 11) is 0. The Morgan fingerprint density at radius 2 is 1.76 bits per heavy atom. The zero-order valence-corrected chi connectivity index (χ0v) is 19.9. The summed E-state index contributed by atoms with van der Waals surface area (Å²) in [5.41, 5.74) is 1.77. The molecule has 2 heterocycles. The molecule has 180 valence electrons. The van der Waals surface area contributed by atoms with Crippen molar-refractivity contribution < 1.29 is 9.53 Å². The zero-order chi connectivity index (χ0) is 23.9. The van der Waals surface area contributed by atoms with Crippen LogP contribution >= 0.6 is 0 Å². The molecule has 4 rings (SSSR count). The monoisotopic (exact) mass is 463 g/mol. The van der Waals surface area contributed by atoms with E-state index >= 15 is 0 Å². The van der Waals surface area contributed by atoms with E-state index in [9.17, 15) is 9.59 Å². The SMILES string of the molecule is CCOc1ccc(NC(=O)CN2CCC(c3nn(Cc4ccccc4)c(=O)n3CC)CC2)cc1. The lowest BCUT2D eigenvalue weighted by Crippen LogP contribution is -2.39. The second kappa shape index (κ2) is 11.2. The summed E-state index contributed by atoms with van der Waals surface area (Å²) in [5.74, 6) is 1.84. The molecule has 0 atom stereocenters. The summed E-state index contributed by atoms with van der Waals surface area (Å²) in [4.78, 5) is 27.6. The van der Waals surface area contributed by atoms with E-state index in [-0.39, 0.29) is 17.5 Å². The van der Waals surface area contributed by atoms with Crippen LogP contribution in [-0.4, -0.2) is 51.4 Å². The standard InChI is InChI=1S/C26H33N5O3/c1-3-30-25(28-31(26(30)33)18-20-8-6-5-7-9-20)21-14-16-29(17-15-21)19-24(32)27-22-10-12-23(13-11-22)34-4-2/h5-13,21H,3-4,14-19H2,1-2H3,(H,27,32). The molecule has 2 aromatic carbocycles. The first-order valence-corrected chi connectivity index (χ1v) is 12.0. The number of nitrogens with one attached hydrogen (secondary N) is 1. The van der Waals surface area contributed by atoms with Crippen molar-refractivity contribution in [3.8, 4) is 5.75 Å². The van der Waals surface area contributed by atoms with Crippen LogP contribution in [0.3, 0.4) is 0 Å². The van der Waals surface area contributed by atoms with Crippen molar-refractivity contribution in [1.82, 2.24) is 19.2 Å². The molecule has 1 amide bonds. The number of hydrogen-bond acceptors (Lipinski definition) is 5. The Hall–Kier alpha value is -3.39. The molecule has 1 saturated heterocycles. The minimum atomic E-state index is -0.0569. The molecule has 3 aromatic rings. The van der Waals surface area contributed by atoms with Crippen molar-refractivity contribution in [3.05, 3.63) is 76.5 Å². The molecular weight excluding hydrogens is 430 g/mol. The van der Waals surface area contributed by atoms with E-state index in [1.54, 1.807) is 9.25 Å². The van der Waals surface area contributed by atoms with Crippen LogP contribution in [0.1, 0.15) is 44.0 Å². The molecule has 1 aromatic heterocycles. The summed E-state index contributed by atoms with van der Waals surface area (Å²) in [6, 6.07) is 17.3. The topological polar surface area (TPSA) is 81.4 Å². The molecule has 0 unspecified atom stereocenters. The van der Waals surface area contributed by atoms with Crippen molar-refractivity contribution in [2.75, 3.05) is 31.6 Å². The van der Waals surface area contributed by atoms with Gasteiger partial charge in [-0.3, -0.25) is 14.3 Å². The number of rotatable bonds is 9. The first-order chi connectivity index (χ1) is 16.6. The Morgan fingerprint density at radius 1 is 1.06 bits per heavy atom. The number of carbonyl (C=O) groups excluding carboxylic acids is 1. The molecule has 1 fully saturated rings. The summed E-state index contributed by atoms with van der Waals surface area (Å²) in [6.07, 6.45) is 1.75. The lowest BCUT2D eigenvalue weighted by atomic mass is 9.96. The number of nitrogens with zero attached hydrogens (tertiary/aromatic N) is 4. The quantitative estimate of drug-likeness (QED) is 0.527. The molecule has 8 nitrogen and oxygen atoms in total. The van der Waals surface area contributed by atoms with Crippen molar-refractivity contribution in [3.63, 3.8) is 0 Å². The molecule has 0 saturated carbocycles. The lowest BCUT2D eigenvalue weighted by molar-refractivity contribution is -0.117. The van der Waals surface area contributed by atoms with Gasteiger partial charge >= 0.3 is 5.69 Å². The van der Waals surface area contributed by atoms with E-state index in [2.05, 4.69) is 10.2 Å². The number of hydrogen-bond donors (Lipinski definition) is 1. The summed E-state index contributed by atoms with van der Waals surface area (Å²) < 4.78 is 8.81. The average molecular weight is 464 g/mol. The third-order valence-electron chi connectivity index (χ3n) is 6.21. The number of carbonyl (C=O) groups is 1. The van der Waals surface area contributed by atoms with Crippen LogP contribution < -0.4 is 15.7 Å². The summed E-state index contributed by atoms with van der Waals surface area (Å²) in [5, 5.41) is 7.68. The smallest absolute Gasteiger partial charge is 0.346 e. The Kier molecular flexibility index (Phi) is 7.80. The Labute approximate surface area is 200 Å². The van der Waals surface area contributed by atoms with E-state index in [0.717, 1.165) is 48.8 Å². The highest BCUT2D eigenvalue weighted by molar-refractivity contribution is 5.92. The van der Waals surface area contributed by atoms with E-state index in [4.69, 9.17) is 9.84 Å². The van der Waals surface area contributed by atoms with Crippen molar-refractivity contribution in [2.45, 2.75) is 45.7 Å². The van der Waals surface area contributed by atoms with Crippen LogP contribution in [0.2, 0.25) is 0 Å². The number of piperidine rings is 1. The van der Waals surface area contributed by atoms with Crippen LogP contribution in [0, 0.1) is 0 Å². The molecule has 8 heteroatoms. The van der Waals surface area contributed by atoms with Gasteiger partial charge in [-0.15, -0.1) is 0 Å². The molecule has 1 aliphatic rings. The molecule has 0 radical (unpaired) electrons. The number of anilines is 1. The van der Waals surface area contributed by atoms with Crippen molar-refractivity contribution >= 4 is 11.6 Å². The number of aromatic nitrogens is 3. The third kappa shape index (κ3) is 5.75. The van der Waals surface area contributed by atoms with Gasteiger partial charge in [-0.1, -0.05) is 30.3 Å². The summed E-state index contributed by atoms with van der Waals surface area (Å²) >= 11 is 0. The van der Waals surface area contributed by atoms with E-state index in [1.165, 1.54) is 0 Å². The predicted octanol–water partition coefficient (Wildman–Crippen LogP) is 3.33. The number of benzene rings is 2. The van der Waals surface area contributed by atoms with Gasteiger partial charge in [0.25, 0.3) is 0 Å². The number of ether oxygens (including phenoxy) is 1. The predicted molar refractivity (Wildman–Crippen MR) is 132 cm³/mol. The van der Waals surface area contributed by atoms with Crippen molar-refractivity contribution in [2.24, 2.45) is 0 Å². The van der Waals surface area contributed by atoms with Gasteiger partial charge in [0.05, 0.1) is 19.7 Å². The van der Waals surface area contributed by atoms with Crippen LogP contribution in [-0.2, 0) is 17.9 Å². The second-order valence-corrected chi connectivity index (χ2v) is 8.58. The van der Waals surface area contributed by atoms with Gasteiger partial charge in [-0.2, -0.15) is 5.10 Å². The van der Waals surface area contributed by atoms with Gasteiger partial charge in [0.2, 0.25) is 5.91 Å². The molecule has 0 bridgehead atoms. The minimum Gasteiger partial charge on any atom is -0.494 e. The maximum atomic E-state index is 12.9. The van der Waals surface area contributed by atoms with Crippen LogP contribution in [0.25, 0.3) is 0 Å². The first kappa shape index (κ1) is 23.8. The largest absolute Gasteiger partial charge is 0.494 e. The summed E-state index contributed by atoms with van der Waals surface area (Å²) in [6.45, 7) is 7.57. The van der Waals surface area contributed by atoms with Gasteiger partial charge in [-0.25, -0.2) is 9.48 Å². The normalized spacial score (nSPS) is 14.8. The first-order valence-electron chi connectivity index (χ1n) is 12.0. The fourth-order valence-corrected chi connectivity index (χ4v) is 4.47. The molecule has 34 heavy (non-hydrogen) atoms. The fraction of sp³-hybridized carbons (Fsp3) is 0.423. The third-order valence-corrected chi connectivity index (χ3v) is 6.21. The average Bonchev–Trinajstić information content (AvgIpc) is 3.16. The number of amides is 1. The van der Waals surface area contributed by atoms with E-state index < -0.39 is 0 Å². The van der Waals surface area contributed by atoms with Crippen molar-refractivity contribution in [1.29, 1.82) is 0 Å². The minimum absolute atomic E-state index is 0.0276. The Bertz CT molecular complexity index is 1130. The molecule has 1 aliphatic heterocycles. The highest BCUT2D eigenvalue weighted by Gasteiger charge is 2.27. The zero-order valence-electron chi connectivity index (χ0n) is 19.9.